The molecule has 1 N–H and O–H groups in total. The van der Waals surface area contributed by atoms with Crippen LogP contribution in [-0.2, 0) is 13.0 Å². The molecule has 0 atom stereocenters. The molecular weight excluding hydrogens is 373 g/mol. The van der Waals surface area contributed by atoms with Crippen molar-refractivity contribution in [2.75, 3.05) is 7.11 Å². The van der Waals surface area contributed by atoms with Crippen LogP contribution >= 0.6 is 0 Å². The third-order valence-electron chi connectivity index (χ3n) is 5.06. The minimum Gasteiger partial charge on any atom is -0.493 e. The van der Waals surface area contributed by atoms with Crippen LogP contribution < -0.4 is 9.47 Å². The van der Waals surface area contributed by atoms with Gasteiger partial charge in [-0.2, -0.15) is 0 Å². The van der Waals surface area contributed by atoms with Gasteiger partial charge >= 0.3 is 5.97 Å². The Morgan fingerprint density at radius 2 is 1.97 bits per heavy atom. The molecule has 4 rings (SSSR count). The van der Waals surface area contributed by atoms with Gasteiger partial charge in [0.25, 0.3) is 0 Å². The van der Waals surface area contributed by atoms with Gasteiger partial charge in [-0.25, -0.2) is 9.18 Å². The number of halogens is 1. The summed E-state index contributed by atoms with van der Waals surface area (Å²) >= 11 is 0. The lowest BCUT2D eigenvalue weighted by Crippen LogP contribution is -2.13. The van der Waals surface area contributed by atoms with Crippen LogP contribution in [0.5, 0.6) is 11.5 Å². The van der Waals surface area contributed by atoms with Gasteiger partial charge in [0.1, 0.15) is 5.82 Å². The van der Waals surface area contributed by atoms with Crippen LogP contribution in [0.3, 0.4) is 0 Å². The maximum Gasteiger partial charge on any atom is 0.337 e. The van der Waals surface area contributed by atoms with Crippen LogP contribution in [0.4, 0.5) is 4.39 Å². The molecule has 0 aliphatic carbocycles. The molecule has 150 valence electrons. The summed E-state index contributed by atoms with van der Waals surface area (Å²) in [4.78, 5) is 12.0. The molecule has 0 unspecified atom stereocenters. The Kier molecular flexibility index (Phi) is 4.78. The Bertz CT molecular complexity index is 1100. The Morgan fingerprint density at radius 3 is 2.62 bits per heavy atom. The van der Waals surface area contributed by atoms with E-state index in [1.165, 1.54) is 12.1 Å². The number of aryl methyl sites for hydroxylation is 1. The highest BCUT2D eigenvalue weighted by Crippen LogP contribution is 2.42. The lowest BCUT2D eigenvalue weighted by molar-refractivity contribution is 0.0697. The van der Waals surface area contributed by atoms with Gasteiger partial charge in [-0.05, 0) is 56.2 Å². The number of fused-ring (bicyclic) bond motifs is 3. The molecule has 0 spiro atoms. The highest BCUT2D eigenvalue weighted by molar-refractivity contribution is 5.98. The van der Waals surface area contributed by atoms with Gasteiger partial charge in [0.15, 0.2) is 11.5 Å². The molecular formula is C23H22FNO4. The first kappa shape index (κ1) is 19.1. The summed E-state index contributed by atoms with van der Waals surface area (Å²) in [6.07, 6.45) is 0.672. The fourth-order valence-corrected chi connectivity index (χ4v) is 3.90. The van der Waals surface area contributed by atoms with Crippen LogP contribution in [0, 0.1) is 5.82 Å². The molecule has 2 aromatic carbocycles. The van der Waals surface area contributed by atoms with Gasteiger partial charge < -0.3 is 19.1 Å². The maximum absolute atomic E-state index is 13.8. The van der Waals surface area contributed by atoms with E-state index in [4.69, 9.17) is 9.47 Å². The van der Waals surface area contributed by atoms with Gasteiger partial charge in [-0.15, -0.1) is 0 Å². The molecule has 3 aromatic rings. The average Bonchev–Trinajstić information content (AvgIpc) is 3.07. The summed E-state index contributed by atoms with van der Waals surface area (Å²) in [6, 6.07) is 11.5. The minimum absolute atomic E-state index is 0.0326. The van der Waals surface area contributed by atoms with E-state index < -0.39 is 11.8 Å². The van der Waals surface area contributed by atoms with Crippen LogP contribution in [0.2, 0.25) is 0 Å². The Morgan fingerprint density at radius 1 is 1.17 bits per heavy atom. The number of nitrogens with zero attached hydrogens (tertiary/aromatic N) is 1. The smallest absolute Gasteiger partial charge is 0.337 e. The van der Waals surface area contributed by atoms with Gasteiger partial charge in [0.05, 0.1) is 24.5 Å². The summed E-state index contributed by atoms with van der Waals surface area (Å²) in [5, 5.41) is 9.80. The predicted octanol–water partition coefficient (Wildman–Crippen LogP) is 5.01. The predicted molar refractivity (Wildman–Crippen MR) is 108 cm³/mol. The van der Waals surface area contributed by atoms with Crippen molar-refractivity contribution in [2.45, 2.75) is 32.9 Å². The van der Waals surface area contributed by atoms with Crippen molar-refractivity contribution in [1.82, 2.24) is 4.57 Å². The number of rotatable bonds is 5. The minimum atomic E-state index is -1.04. The van der Waals surface area contributed by atoms with Crippen molar-refractivity contribution in [3.8, 4) is 34.0 Å². The van der Waals surface area contributed by atoms with Crippen LogP contribution in [0.25, 0.3) is 22.5 Å². The number of ether oxygens (including phenoxy) is 2. The van der Waals surface area contributed by atoms with Crippen molar-refractivity contribution in [1.29, 1.82) is 0 Å². The quantitative estimate of drug-likeness (QED) is 0.660. The molecule has 1 aliphatic heterocycles. The van der Waals surface area contributed by atoms with E-state index in [-0.39, 0.29) is 11.7 Å². The monoisotopic (exact) mass is 395 g/mol. The summed E-state index contributed by atoms with van der Waals surface area (Å²) in [5.41, 5.74) is 3.95. The first-order valence-electron chi connectivity index (χ1n) is 9.49. The second kappa shape index (κ2) is 7.28. The van der Waals surface area contributed by atoms with E-state index >= 15 is 0 Å². The van der Waals surface area contributed by atoms with Gasteiger partial charge in [0.2, 0.25) is 0 Å². The molecule has 1 aromatic heterocycles. The van der Waals surface area contributed by atoms with Crippen molar-refractivity contribution in [3.63, 3.8) is 0 Å². The van der Waals surface area contributed by atoms with Crippen LogP contribution in [-0.4, -0.2) is 28.9 Å². The normalized spacial score (nSPS) is 12.4. The third-order valence-corrected chi connectivity index (χ3v) is 5.06. The molecule has 0 saturated heterocycles. The van der Waals surface area contributed by atoms with E-state index in [2.05, 4.69) is 0 Å². The summed E-state index contributed by atoms with van der Waals surface area (Å²) in [5.74, 6) is -0.177. The molecule has 2 heterocycles. The van der Waals surface area contributed by atoms with E-state index in [0.717, 1.165) is 16.8 Å². The second-order valence-corrected chi connectivity index (χ2v) is 7.34. The van der Waals surface area contributed by atoms with Crippen LogP contribution in [0.1, 0.15) is 29.8 Å². The highest BCUT2D eigenvalue weighted by Gasteiger charge is 2.27. The van der Waals surface area contributed by atoms with Gasteiger partial charge in [0, 0.05) is 23.4 Å². The summed E-state index contributed by atoms with van der Waals surface area (Å²) in [6.45, 7) is 4.47. The number of aromatic nitrogens is 1. The Balaban J connectivity index is 1.94. The molecule has 29 heavy (non-hydrogen) atoms. The number of carboxylic acid groups (broad SMARTS) is 1. The molecule has 1 aliphatic rings. The zero-order chi connectivity index (χ0) is 20.7. The molecule has 0 amide bonds. The van der Waals surface area contributed by atoms with Crippen molar-refractivity contribution >= 4 is 5.97 Å². The number of carboxylic acids is 1. The molecule has 0 saturated carbocycles. The zero-order valence-corrected chi connectivity index (χ0v) is 16.5. The second-order valence-electron chi connectivity index (χ2n) is 7.34. The van der Waals surface area contributed by atoms with Gasteiger partial charge in [-0.3, -0.25) is 0 Å². The van der Waals surface area contributed by atoms with E-state index in [0.29, 0.717) is 35.7 Å². The fourth-order valence-electron chi connectivity index (χ4n) is 3.90. The Labute approximate surface area is 168 Å². The van der Waals surface area contributed by atoms with Crippen LogP contribution in [0.15, 0.2) is 42.5 Å². The molecule has 0 radical (unpaired) electrons. The number of aromatic carboxylic acids is 1. The largest absolute Gasteiger partial charge is 0.493 e. The average molecular weight is 395 g/mol. The topological polar surface area (TPSA) is 60.7 Å². The lowest BCUT2D eigenvalue weighted by atomic mass is 9.97. The number of benzene rings is 2. The summed E-state index contributed by atoms with van der Waals surface area (Å²) < 4.78 is 27.2. The first-order chi connectivity index (χ1) is 13.9. The maximum atomic E-state index is 13.8. The van der Waals surface area contributed by atoms with Crippen molar-refractivity contribution < 1.29 is 23.8 Å². The standard InChI is InChI=1S/C23H22FNO4/c1-13(2)29-21-12-17-14(10-20(21)28-3)7-8-25-19(17)11-18(23(26)27)22(25)15-5-4-6-16(24)9-15/h4-6,9-13H,7-8H2,1-3H3,(H,26,27). The first-order valence-corrected chi connectivity index (χ1v) is 9.49. The fraction of sp³-hybridized carbons (Fsp3) is 0.261. The third kappa shape index (κ3) is 3.35. The highest BCUT2D eigenvalue weighted by atomic mass is 19.1. The number of hydrogen-bond acceptors (Lipinski definition) is 3. The Hall–Kier alpha value is -3.28. The lowest BCUT2D eigenvalue weighted by Gasteiger charge is -2.24. The summed E-state index contributed by atoms with van der Waals surface area (Å²) in [7, 11) is 1.60. The van der Waals surface area contributed by atoms with E-state index in [1.807, 2.05) is 30.5 Å². The number of carbonyl (C=O) groups is 1. The number of hydrogen-bond donors (Lipinski definition) is 1. The SMILES string of the molecule is COc1cc2c(cc1OC(C)C)-c1cc(C(=O)O)c(-c3cccc(F)c3)n1CC2. The zero-order valence-electron chi connectivity index (χ0n) is 16.5. The van der Waals surface area contributed by atoms with E-state index in [1.54, 1.807) is 25.3 Å². The molecule has 0 bridgehead atoms. The number of methoxy groups -OCH3 is 1. The molecule has 0 fully saturated rings. The van der Waals surface area contributed by atoms with E-state index in [9.17, 15) is 14.3 Å². The van der Waals surface area contributed by atoms with Gasteiger partial charge in [-0.1, -0.05) is 12.1 Å². The van der Waals surface area contributed by atoms with Crippen molar-refractivity contribution in [3.05, 3.63) is 59.4 Å². The molecule has 5 nitrogen and oxygen atoms in total. The molecule has 6 heteroatoms. The van der Waals surface area contributed by atoms with Crippen molar-refractivity contribution in [2.24, 2.45) is 0 Å².